The first-order valence-corrected chi connectivity index (χ1v) is 11.5. The van der Waals surface area contributed by atoms with Crippen LogP contribution in [0.25, 0.3) is 0 Å². The molecule has 2 aromatic carbocycles. The van der Waals surface area contributed by atoms with Gasteiger partial charge in [-0.15, -0.1) is 0 Å². The van der Waals surface area contributed by atoms with Crippen LogP contribution in [0, 0.1) is 23.2 Å². The maximum Gasteiger partial charge on any atom is 0.343 e. The fraction of sp³-hybridized carbons (Fsp3) is 0.481. The first-order valence-electron chi connectivity index (χ1n) is 11.5. The van der Waals surface area contributed by atoms with Gasteiger partial charge in [-0.2, -0.15) is 0 Å². The van der Waals surface area contributed by atoms with Gasteiger partial charge in [0.1, 0.15) is 28.2 Å². The van der Waals surface area contributed by atoms with Crippen LogP contribution < -0.4 is 14.2 Å². The molecule has 0 radical (unpaired) electrons. The summed E-state index contributed by atoms with van der Waals surface area (Å²) in [7, 11) is 2.83. The summed E-state index contributed by atoms with van der Waals surface area (Å²) in [6.07, 6.45) is 2.54. The molecule has 6 heteroatoms. The highest BCUT2D eigenvalue weighted by Gasteiger charge is 2.65. The molecule has 0 amide bonds. The summed E-state index contributed by atoms with van der Waals surface area (Å²) in [5, 5.41) is 10.1. The molecule has 2 unspecified atom stereocenters. The molecule has 0 bridgehead atoms. The largest absolute Gasteiger partial charge is 0.495 e. The van der Waals surface area contributed by atoms with Crippen LogP contribution in [0.5, 0.6) is 17.2 Å². The highest BCUT2D eigenvalue weighted by molar-refractivity contribution is 6.15. The average Bonchev–Trinajstić information content (AvgIpc) is 3.31. The molecule has 2 aromatic rings. The van der Waals surface area contributed by atoms with Crippen molar-refractivity contribution in [2.45, 2.75) is 45.6 Å². The molecule has 3 aliphatic rings. The lowest BCUT2D eigenvalue weighted by Crippen LogP contribution is -2.48. The molecule has 174 valence electrons. The maximum atomic E-state index is 13.7. The molecule has 1 heterocycles. The summed E-state index contributed by atoms with van der Waals surface area (Å²) in [6.45, 7) is 6.76. The van der Waals surface area contributed by atoms with E-state index in [1.54, 1.807) is 24.3 Å². The Balaban J connectivity index is 1.74. The fourth-order valence-corrected chi connectivity index (χ4v) is 6.39. The molecule has 6 nitrogen and oxygen atoms in total. The van der Waals surface area contributed by atoms with Gasteiger partial charge < -0.3 is 19.3 Å². The van der Waals surface area contributed by atoms with Crippen molar-refractivity contribution in [2.75, 3.05) is 14.2 Å². The van der Waals surface area contributed by atoms with E-state index in [0.717, 1.165) is 12.8 Å². The van der Waals surface area contributed by atoms with E-state index in [0.29, 0.717) is 35.1 Å². The van der Waals surface area contributed by atoms with Crippen molar-refractivity contribution >= 4 is 11.8 Å². The molecule has 33 heavy (non-hydrogen) atoms. The number of carbonyl (C=O) groups excluding carboxylic acids is 1. The molecule has 2 aliphatic carbocycles. The summed E-state index contributed by atoms with van der Waals surface area (Å²) in [6, 6.07) is 8.82. The van der Waals surface area contributed by atoms with E-state index in [-0.39, 0.29) is 39.7 Å². The van der Waals surface area contributed by atoms with Gasteiger partial charge in [0.2, 0.25) is 5.78 Å². The number of carboxylic acid groups (broad SMARTS) is 1. The van der Waals surface area contributed by atoms with Crippen molar-refractivity contribution in [1.82, 2.24) is 0 Å². The number of hydrogen-bond acceptors (Lipinski definition) is 5. The molecule has 2 fully saturated rings. The Labute approximate surface area is 193 Å². The van der Waals surface area contributed by atoms with Crippen molar-refractivity contribution < 1.29 is 28.9 Å². The molecule has 2 saturated carbocycles. The molecular weight excluding hydrogens is 420 g/mol. The Morgan fingerprint density at radius 2 is 1.67 bits per heavy atom. The van der Waals surface area contributed by atoms with Crippen LogP contribution in [0.15, 0.2) is 30.3 Å². The summed E-state index contributed by atoms with van der Waals surface area (Å²) in [4.78, 5) is 26.1. The SMILES string of the molecule is COc1c2c(c(C(=O)c3ccccc3)c(OC)c1C(=O)O)OC1(C)C[C@H]3[C@@H](CC1C2)C3(C)C. The van der Waals surface area contributed by atoms with Crippen LogP contribution >= 0.6 is 0 Å². The zero-order chi connectivity index (χ0) is 23.7. The second-order valence-corrected chi connectivity index (χ2v) is 10.4. The third-order valence-electron chi connectivity index (χ3n) is 8.44. The Hall–Kier alpha value is -3.02. The molecule has 0 saturated heterocycles. The number of ether oxygens (including phenoxy) is 3. The molecule has 5 rings (SSSR count). The lowest BCUT2D eigenvalue weighted by molar-refractivity contribution is -0.0266. The molecule has 0 aromatic heterocycles. The zero-order valence-electron chi connectivity index (χ0n) is 19.7. The van der Waals surface area contributed by atoms with Gasteiger partial charge in [-0.1, -0.05) is 44.2 Å². The number of aromatic carboxylic acids is 1. The number of benzene rings is 2. The van der Waals surface area contributed by atoms with E-state index in [1.807, 2.05) is 6.07 Å². The first kappa shape index (κ1) is 21.8. The zero-order valence-corrected chi connectivity index (χ0v) is 19.7. The minimum absolute atomic E-state index is 0.0190. The Bertz CT molecular complexity index is 1150. The number of fused-ring (bicyclic) bond motifs is 3. The highest BCUT2D eigenvalue weighted by atomic mass is 16.5. The van der Waals surface area contributed by atoms with E-state index in [1.165, 1.54) is 14.2 Å². The van der Waals surface area contributed by atoms with Gasteiger partial charge >= 0.3 is 5.97 Å². The smallest absolute Gasteiger partial charge is 0.343 e. The number of rotatable bonds is 5. The summed E-state index contributed by atoms with van der Waals surface area (Å²) in [5.74, 6) is 0.540. The highest BCUT2D eigenvalue weighted by Crippen LogP contribution is 2.69. The third-order valence-corrected chi connectivity index (χ3v) is 8.44. The fourth-order valence-electron chi connectivity index (χ4n) is 6.39. The number of carboxylic acids is 1. The van der Waals surface area contributed by atoms with Gasteiger partial charge in [0.25, 0.3) is 0 Å². The van der Waals surface area contributed by atoms with Crippen LogP contribution in [0.1, 0.15) is 65.5 Å². The van der Waals surface area contributed by atoms with Gasteiger partial charge in [-0.05, 0) is 43.4 Å². The summed E-state index contributed by atoms with van der Waals surface area (Å²) >= 11 is 0. The van der Waals surface area contributed by atoms with Gasteiger partial charge in [-0.3, -0.25) is 4.79 Å². The van der Waals surface area contributed by atoms with Gasteiger partial charge in [0, 0.05) is 17.0 Å². The second-order valence-electron chi connectivity index (χ2n) is 10.4. The molecule has 1 N–H and O–H groups in total. The minimum Gasteiger partial charge on any atom is -0.495 e. The molecule has 1 aliphatic heterocycles. The number of ketones is 1. The maximum absolute atomic E-state index is 13.7. The Morgan fingerprint density at radius 1 is 1.00 bits per heavy atom. The lowest BCUT2D eigenvalue weighted by Gasteiger charge is -2.46. The van der Waals surface area contributed by atoms with Crippen LogP contribution in [-0.4, -0.2) is 36.7 Å². The standard InChI is InChI=1S/C27H30O6/c1-26(2)17-12-15-11-16-22(31-4)20(25(29)30)24(32-5)19(21(28)14-9-7-6-8-10-14)23(16)33-27(15,3)13-18(17)26/h6-10,15,17-18H,11-13H2,1-5H3,(H,29,30)/t15?,17-,18+,27?/m1/s1. The van der Waals surface area contributed by atoms with E-state index in [2.05, 4.69) is 20.8 Å². The normalized spacial score (nSPS) is 28.5. The van der Waals surface area contributed by atoms with Gasteiger partial charge in [0.15, 0.2) is 5.75 Å². The minimum atomic E-state index is -1.20. The summed E-state index contributed by atoms with van der Waals surface area (Å²) in [5.41, 5.74) is 0.970. The van der Waals surface area contributed by atoms with Crippen LogP contribution in [-0.2, 0) is 6.42 Å². The van der Waals surface area contributed by atoms with E-state index < -0.39 is 11.6 Å². The van der Waals surface area contributed by atoms with Crippen molar-refractivity contribution in [1.29, 1.82) is 0 Å². The lowest BCUT2D eigenvalue weighted by atomic mass is 9.71. The average molecular weight is 451 g/mol. The summed E-state index contributed by atoms with van der Waals surface area (Å²) < 4.78 is 17.9. The second kappa shape index (κ2) is 7.24. The van der Waals surface area contributed by atoms with Crippen molar-refractivity contribution in [3.63, 3.8) is 0 Å². The van der Waals surface area contributed by atoms with E-state index in [4.69, 9.17) is 14.2 Å². The van der Waals surface area contributed by atoms with Crippen LogP contribution in [0.2, 0.25) is 0 Å². The van der Waals surface area contributed by atoms with E-state index in [9.17, 15) is 14.7 Å². The Kier molecular flexibility index (Phi) is 4.78. The monoisotopic (exact) mass is 450 g/mol. The number of methoxy groups -OCH3 is 2. The van der Waals surface area contributed by atoms with Gasteiger partial charge in [-0.25, -0.2) is 4.79 Å². The van der Waals surface area contributed by atoms with Crippen LogP contribution in [0.3, 0.4) is 0 Å². The van der Waals surface area contributed by atoms with Crippen molar-refractivity contribution in [3.8, 4) is 17.2 Å². The van der Waals surface area contributed by atoms with Crippen molar-refractivity contribution in [3.05, 3.63) is 52.6 Å². The molecular formula is C27H30O6. The quantitative estimate of drug-likeness (QED) is 0.645. The third kappa shape index (κ3) is 3.06. The van der Waals surface area contributed by atoms with E-state index >= 15 is 0 Å². The first-order chi connectivity index (χ1) is 15.6. The molecule has 0 spiro atoms. The topological polar surface area (TPSA) is 82.1 Å². The van der Waals surface area contributed by atoms with Gasteiger partial charge in [0.05, 0.1) is 14.2 Å². The van der Waals surface area contributed by atoms with Crippen molar-refractivity contribution in [2.24, 2.45) is 23.2 Å². The Morgan fingerprint density at radius 3 is 2.27 bits per heavy atom. The number of carbonyl (C=O) groups is 2. The number of hydrogen-bond donors (Lipinski definition) is 1. The predicted octanol–water partition coefficient (Wildman–Crippen LogP) is 5.01. The predicted molar refractivity (Wildman–Crippen MR) is 123 cm³/mol. The molecule has 4 atom stereocenters. The van der Waals surface area contributed by atoms with Crippen LogP contribution in [0.4, 0.5) is 0 Å².